The summed E-state index contributed by atoms with van der Waals surface area (Å²) < 4.78 is 57.9. The normalized spacial score (nSPS) is 10.6. The first kappa shape index (κ1) is 36.7. The lowest BCUT2D eigenvalue weighted by Crippen LogP contribution is -2.29. The van der Waals surface area contributed by atoms with Crippen LogP contribution in [0.2, 0.25) is 0 Å². The Morgan fingerprint density at radius 1 is 0.733 bits per heavy atom. The summed E-state index contributed by atoms with van der Waals surface area (Å²) in [5.41, 5.74) is 2.61. The first-order valence-corrected chi connectivity index (χ1v) is 17.5. The molecule has 0 aliphatic carbocycles. The van der Waals surface area contributed by atoms with Crippen LogP contribution in [0.3, 0.4) is 0 Å². The summed E-state index contributed by atoms with van der Waals surface area (Å²) in [6.07, 6.45) is 7.78. The van der Waals surface area contributed by atoms with Gasteiger partial charge >= 0.3 is 11.9 Å². The molecule has 17 heteroatoms. The Morgan fingerprint density at radius 3 is 1.58 bits per heavy atom. The summed E-state index contributed by atoms with van der Waals surface area (Å²) in [6, 6.07) is 17.4. The number of hydrogen-bond acceptors (Lipinski definition) is 12. The summed E-state index contributed by atoms with van der Waals surface area (Å²) in [7, 11) is -4.04. The van der Waals surface area contributed by atoms with Gasteiger partial charge in [0.25, 0.3) is 0 Å². The van der Waals surface area contributed by atoms with Crippen molar-refractivity contribution in [3.63, 3.8) is 0 Å². The highest BCUT2D eigenvalue weighted by atomic mass is 79.9. The zero-order valence-corrected chi connectivity index (χ0v) is 27.9. The molecule has 0 radical (unpaired) electrons. The van der Waals surface area contributed by atoms with Crippen LogP contribution < -0.4 is 9.03 Å². The minimum absolute atomic E-state index is 0.0251. The number of methoxy groups -OCH3 is 2. The van der Waals surface area contributed by atoms with Crippen molar-refractivity contribution < 1.29 is 35.9 Å². The molecule has 0 saturated heterocycles. The number of anilines is 2. The lowest BCUT2D eigenvalue weighted by molar-refractivity contribution is 0.0584. The van der Waals surface area contributed by atoms with E-state index in [1.165, 1.54) is 43.3 Å². The molecule has 4 aromatic rings. The average Bonchev–Trinajstić information content (AvgIpc) is 3.03. The van der Waals surface area contributed by atoms with Crippen LogP contribution in [-0.4, -0.2) is 75.4 Å². The standard InChI is InChI=1S/C14H15N3O4S.C7H7BrN2O2.C7H9NO2S/c1-21-14(18)13-9-15-11(8-16-13)10-17(22(2,19)20)12-6-4-3-5-7-12;1-12-7(11)6-4-9-5(2-8)3-10-6;1-11(9,10)8-7-5-3-2-4-6-7/h3-9H,10H2,1-2H3;3-4H,2H2,1H3;2-6,8H,1H3. The Morgan fingerprint density at radius 2 is 1.20 bits per heavy atom. The van der Waals surface area contributed by atoms with Crippen molar-refractivity contribution in [1.82, 2.24) is 19.9 Å². The van der Waals surface area contributed by atoms with Gasteiger partial charge < -0.3 is 9.47 Å². The number of esters is 2. The summed E-state index contributed by atoms with van der Waals surface area (Å²) >= 11 is 3.22. The lowest BCUT2D eigenvalue weighted by atomic mass is 10.3. The van der Waals surface area contributed by atoms with Gasteiger partial charge in [-0.2, -0.15) is 0 Å². The lowest BCUT2D eigenvalue weighted by Gasteiger charge is -2.21. The van der Waals surface area contributed by atoms with E-state index in [4.69, 9.17) is 0 Å². The quantitative estimate of drug-likeness (QED) is 0.196. The Bertz CT molecular complexity index is 1730. The second-order valence-electron chi connectivity index (χ2n) is 8.75. The molecule has 0 aliphatic rings. The van der Waals surface area contributed by atoms with Crippen LogP contribution in [0.15, 0.2) is 85.5 Å². The van der Waals surface area contributed by atoms with Gasteiger partial charge in [0.1, 0.15) is 0 Å². The molecule has 2 aromatic carbocycles. The van der Waals surface area contributed by atoms with Crippen molar-refractivity contribution in [3.8, 4) is 0 Å². The van der Waals surface area contributed by atoms with Gasteiger partial charge in [0, 0.05) is 11.0 Å². The van der Waals surface area contributed by atoms with E-state index in [1.807, 2.05) is 6.07 Å². The molecule has 0 unspecified atom stereocenters. The first-order chi connectivity index (χ1) is 21.3. The molecule has 0 saturated carbocycles. The zero-order valence-electron chi connectivity index (χ0n) is 24.7. The van der Waals surface area contributed by atoms with Crippen molar-refractivity contribution in [1.29, 1.82) is 0 Å². The number of benzene rings is 2. The molecule has 1 N–H and O–H groups in total. The molecule has 0 fully saturated rings. The summed E-state index contributed by atoms with van der Waals surface area (Å²) in [5, 5.41) is 0.626. The summed E-state index contributed by atoms with van der Waals surface area (Å²) in [5.74, 6) is -1.06. The highest BCUT2D eigenvalue weighted by molar-refractivity contribution is 9.08. The van der Waals surface area contributed by atoms with Crippen molar-refractivity contribution in [3.05, 3.63) is 108 Å². The van der Waals surface area contributed by atoms with E-state index in [0.717, 1.165) is 18.2 Å². The molecule has 0 amide bonds. The number of carbonyl (C=O) groups excluding carboxylic acids is 2. The molecule has 0 bridgehead atoms. The van der Waals surface area contributed by atoms with Gasteiger partial charge in [0.2, 0.25) is 20.0 Å². The van der Waals surface area contributed by atoms with Gasteiger partial charge in [-0.15, -0.1) is 0 Å². The SMILES string of the molecule is COC(=O)c1cnc(CBr)cn1.COC(=O)c1cnc(CN(c2ccccc2)S(C)(=O)=O)cn1.CS(=O)(=O)Nc1ccccc1. The number of para-hydroxylation sites is 2. The summed E-state index contributed by atoms with van der Waals surface area (Å²) in [4.78, 5) is 38.0. The number of alkyl halides is 1. The second-order valence-corrected chi connectivity index (χ2v) is 13.0. The molecule has 45 heavy (non-hydrogen) atoms. The number of nitrogens with one attached hydrogen (secondary N) is 1. The van der Waals surface area contributed by atoms with E-state index in [2.05, 4.69) is 50.1 Å². The molecule has 0 spiro atoms. The predicted octanol–water partition coefficient (Wildman–Crippen LogP) is 3.45. The van der Waals surface area contributed by atoms with Crippen LogP contribution in [0.25, 0.3) is 0 Å². The van der Waals surface area contributed by atoms with E-state index in [-0.39, 0.29) is 17.9 Å². The van der Waals surface area contributed by atoms with Gasteiger partial charge in [0.05, 0.1) is 75.1 Å². The average molecular weight is 724 g/mol. The van der Waals surface area contributed by atoms with Crippen molar-refractivity contribution in [2.75, 3.05) is 35.8 Å². The predicted molar refractivity (Wildman–Crippen MR) is 172 cm³/mol. The van der Waals surface area contributed by atoms with Crippen LogP contribution in [0.1, 0.15) is 32.4 Å². The van der Waals surface area contributed by atoms with E-state index in [1.54, 1.807) is 54.6 Å². The number of aromatic nitrogens is 4. The maximum atomic E-state index is 12.0. The van der Waals surface area contributed by atoms with Gasteiger partial charge in [-0.25, -0.2) is 36.4 Å². The van der Waals surface area contributed by atoms with Gasteiger partial charge in [-0.1, -0.05) is 52.3 Å². The van der Waals surface area contributed by atoms with Crippen LogP contribution in [0, 0.1) is 0 Å². The third-order valence-corrected chi connectivity index (χ3v) is 7.49. The van der Waals surface area contributed by atoms with Crippen LogP contribution in [0.4, 0.5) is 11.4 Å². The molecular formula is C28H31BrN6O8S2. The third-order valence-electron chi connectivity index (χ3n) is 5.16. The Labute approximate surface area is 270 Å². The highest BCUT2D eigenvalue weighted by Crippen LogP contribution is 2.19. The molecule has 240 valence electrons. The van der Waals surface area contributed by atoms with Crippen LogP contribution in [-0.2, 0) is 41.4 Å². The van der Waals surface area contributed by atoms with Gasteiger partial charge in [-0.05, 0) is 24.3 Å². The molecule has 14 nitrogen and oxygen atoms in total. The number of sulfonamides is 2. The molecule has 0 aliphatic heterocycles. The maximum Gasteiger partial charge on any atom is 0.358 e. The second kappa shape index (κ2) is 17.7. The largest absolute Gasteiger partial charge is 0.464 e. The monoisotopic (exact) mass is 722 g/mol. The van der Waals surface area contributed by atoms with Gasteiger partial charge in [0.15, 0.2) is 11.4 Å². The van der Waals surface area contributed by atoms with Crippen molar-refractivity contribution in [2.45, 2.75) is 11.9 Å². The molecule has 0 atom stereocenters. The van der Waals surface area contributed by atoms with Crippen LogP contribution >= 0.6 is 15.9 Å². The number of rotatable bonds is 9. The first-order valence-electron chi connectivity index (χ1n) is 12.7. The van der Waals surface area contributed by atoms with Gasteiger partial charge in [-0.3, -0.25) is 19.0 Å². The van der Waals surface area contributed by atoms with Crippen molar-refractivity contribution >= 4 is 59.3 Å². The minimum Gasteiger partial charge on any atom is -0.464 e. The Balaban J connectivity index is 0.000000259. The van der Waals surface area contributed by atoms with E-state index in [0.29, 0.717) is 22.4 Å². The highest BCUT2D eigenvalue weighted by Gasteiger charge is 2.19. The fraction of sp³-hybridized carbons (Fsp3) is 0.214. The fourth-order valence-electron chi connectivity index (χ4n) is 3.14. The topological polar surface area (TPSA) is 188 Å². The van der Waals surface area contributed by atoms with Crippen molar-refractivity contribution in [2.24, 2.45) is 0 Å². The minimum atomic E-state index is -3.47. The number of nitrogens with zero attached hydrogens (tertiary/aromatic N) is 5. The van der Waals surface area contributed by atoms with E-state index >= 15 is 0 Å². The summed E-state index contributed by atoms with van der Waals surface area (Å²) in [6.45, 7) is 0.0251. The molecule has 2 aromatic heterocycles. The number of halogens is 1. The fourth-order valence-corrected chi connectivity index (χ4v) is 4.87. The molecule has 2 heterocycles. The third kappa shape index (κ3) is 13.4. The smallest absolute Gasteiger partial charge is 0.358 e. The Kier molecular flexibility index (Phi) is 14.5. The maximum absolute atomic E-state index is 12.0. The number of ether oxygens (including phenoxy) is 2. The number of hydrogen-bond donors (Lipinski definition) is 1. The molecular weight excluding hydrogens is 692 g/mol. The Hall–Kier alpha value is -4.48. The zero-order chi connectivity index (χ0) is 33.5. The van der Waals surface area contributed by atoms with Crippen LogP contribution in [0.5, 0.6) is 0 Å². The van der Waals surface area contributed by atoms with E-state index < -0.39 is 32.0 Å². The number of carbonyl (C=O) groups is 2. The molecule has 4 rings (SSSR count). The van der Waals surface area contributed by atoms with E-state index in [9.17, 15) is 26.4 Å².